The number of fused-ring (bicyclic) bond motifs is 1. The Morgan fingerprint density at radius 2 is 2.14 bits per heavy atom. The minimum atomic E-state index is -0.334. The number of ether oxygens (including phenoxy) is 3. The number of nitrogens with one attached hydrogen (secondary N) is 1. The Morgan fingerprint density at radius 1 is 1.34 bits per heavy atom. The SMILES string of the molecule is COCCC(=O)N[C@H]1C(C)(C)[C@@H]2C[C@@H]3[C@@H](c4cccc(OC)c4F)OCC[C@@]31C2. The van der Waals surface area contributed by atoms with Crippen LogP contribution in [0.1, 0.15) is 51.2 Å². The molecule has 2 bridgehead atoms. The van der Waals surface area contributed by atoms with Gasteiger partial charge in [0.15, 0.2) is 11.6 Å². The molecule has 5 atom stereocenters. The standard InChI is InChI=1S/C23H32FNO4/c1-22(2)14-12-16-20(15-6-5-7-17(28-4)19(15)24)29-11-9-23(16,13-14)21(22)25-18(26)8-10-27-3/h5-7,14,16,20-21H,8-13H2,1-4H3,(H,25,26)/t14-,16-,20-,21+,23-/m1/s1. The zero-order valence-electron chi connectivity index (χ0n) is 17.8. The van der Waals surface area contributed by atoms with Crippen molar-refractivity contribution in [2.75, 3.05) is 27.4 Å². The lowest BCUT2D eigenvalue weighted by molar-refractivity contribution is -0.138. The first-order chi connectivity index (χ1) is 13.8. The molecule has 1 N–H and O–H groups in total. The van der Waals surface area contributed by atoms with Gasteiger partial charge in [0, 0.05) is 31.7 Å². The monoisotopic (exact) mass is 405 g/mol. The summed E-state index contributed by atoms with van der Waals surface area (Å²) in [5, 5.41) is 3.34. The van der Waals surface area contributed by atoms with Crippen LogP contribution in [0.15, 0.2) is 18.2 Å². The van der Waals surface area contributed by atoms with E-state index in [0.717, 1.165) is 19.3 Å². The Morgan fingerprint density at radius 3 is 2.86 bits per heavy atom. The predicted octanol–water partition coefficient (Wildman–Crippen LogP) is 3.87. The third kappa shape index (κ3) is 3.15. The number of halogens is 1. The third-order valence-corrected chi connectivity index (χ3v) is 7.86. The average Bonchev–Trinajstić information content (AvgIpc) is 3.19. The van der Waals surface area contributed by atoms with Crippen molar-refractivity contribution < 1.29 is 23.4 Å². The van der Waals surface area contributed by atoms with Crippen LogP contribution in [-0.2, 0) is 14.3 Å². The van der Waals surface area contributed by atoms with Gasteiger partial charge in [0.2, 0.25) is 5.91 Å². The lowest BCUT2D eigenvalue weighted by Crippen LogP contribution is -2.59. The Bertz CT molecular complexity index is 782. The predicted molar refractivity (Wildman–Crippen MR) is 107 cm³/mol. The van der Waals surface area contributed by atoms with E-state index in [0.29, 0.717) is 31.1 Å². The van der Waals surface area contributed by atoms with Crippen LogP contribution in [-0.4, -0.2) is 39.4 Å². The Labute approximate surface area is 172 Å². The Hall–Kier alpha value is -1.66. The quantitative estimate of drug-likeness (QED) is 0.781. The average molecular weight is 406 g/mol. The zero-order chi connectivity index (χ0) is 20.8. The highest BCUT2D eigenvalue weighted by atomic mass is 19.1. The molecule has 5 nitrogen and oxygen atoms in total. The van der Waals surface area contributed by atoms with Crippen molar-refractivity contribution in [2.45, 2.75) is 51.7 Å². The summed E-state index contributed by atoms with van der Waals surface area (Å²) in [5.41, 5.74) is 0.520. The van der Waals surface area contributed by atoms with Gasteiger partial charge in [-0.2, -0.15) is 0 Å². The highest BCUT2D eigenvalue weighted by Crippen LogP contribution is 2.70. The molecule has 3 aliphatic rings. The molecule has 1 spiro atoms. The number of benzene rings is 1. The molecule has 4 rings (SSSR count). The summed E-state index contributed by atoms with van der Waals surface area (Å²) in [5.74, 6) is 0.612. The molecular formula is C23H32FNO4. The van der Waals surface area contributed by atoms with Crippen LogP contribution in [0.25, 0.3) is 0 Å². The van der Waals surface area contributed by atoms with E-state index in [1.807, 2.05) is 12.1 Å². The minimum absolute atomic E-state index is 0.00798. The van der Waals surface area contributed by atoms with Crippen LogP contribution in [0.4, 0.5) is 4.39 Å². The van der Waals surface area contributed by atoms with Crippen molar-refractivity contribution >= 4 is 5.91 Å². The molecule has 0 radical (unpaired) electrons. The molecule has 1 aliphatic heterocycles. The van der Waals surface area contributed by atoms with Gasteiger partial charge in [0.05, 0.1) is 19.8 Å². The van der Waals surface area contributed by atoms with E-state index < -0.39 is 0 Å². The first-order valence-electron chi connectivity index (χ1n) is 10.6. The minimum Gasteiger partial charge on any atom is -0.494 e. The normalized spacial score (nSPS) is 34.7. The molecule has 29 heavy (non-hydrogen) atoms. The van der Waals surface area contributed by atoms with Gasteiger partial charge in [0.1, 0.15) is 0 Å². The van der Waals surface area contributed by atoms with Gasteiger partial charge in [-0.25, -0.2) is 4.39 Å². The van der Waals surface area contributed by atoms with Crippen LogP contribution >= 0.6 is 0 Å². The van der Waals surface area contributed by atoms with Crippen molar-refractivity contribution in [3.8, 4) is 5.75 Å². The van der Waals surface area contributed by atoms with Gasteiger partial charge in [-0.15, -0.1) is 0 Å². The van der Waals surface area contributed by atoms with E-state index >= 15 is 4.39 Å². The van der Waals surface area contributed by atoms with E-state index in [2.05, 4.69) is 19.2 Å². The van der Waals surface area contributed by atoms with E-state index in [9.17, 15) is 4.79 Å². The number of carbonyl (C=O) groups excluding carboxylic acids is 1. The van der Waals surface area contributed by atoms with Gasteiger partial charge >= 0.3 is 0 Å². The molecule has 0 unspecified atom stereocenters. The number of rotatable bonds is 6. The van der Waals surface area contributed by atoms with Crippen LogP contribution in [0, 0.1) is 28.5 Å². The Balaban J connectivity index is 1.66. The van der Waals surface area contributed by atoms with Gasteiger partial charge in [0.25, 0.3) is 0 Å². The lowest BCUT2D eigenvalue weighted by atomic mass is 9.58. The van der Waals surface area contributed by atoms with Crippen molar-refractivity contribution in [1.29, 1.82) is 0 Å². The van der Waals surface area contributed by atoms with Crippen molar-refractivity contribution in [3.63, 3.8) is 0 Å². The zero-order valence-corrected chi connectivity index (χ0v) is 17.8. The summed E-state index contributed by atoms with van der Waals surface area (Å²) in [7, 11) is 3.09. The topological polar surface area (TPSA) is 56.8 Å². The van der Waals surface area contributed by atoms with Crippen molar-refractivity contribution in [2.24, 2.45) is 22.7 Å². The fraction of sp³-hybridized carbons (Fsp3) is 0.696. The summed E-state index contributed by atoms with van der Waals surface area (Å²) in [4.78, 5) is 12.6. The summed E-state index contributed by atoms with van der Waals surface area (Å²) in [6.45, 7) is 5.52. The van der Waals surface area contributed by atoms with Crippen LogP contribution in [0.2, 0.25) is 0 Å². The van der Waals surface area contributed by atoms with Crippen LogP contribution in [0.5, 0.6) is 5.75 Å². The van der Waals surface area contributed by atoms with Crippen LogP contribution < -0.4 is 10.1 Å². The second kappa shape index (κ2) is 7.55. The number of carbonyl (C=O) groups is 1. The third-order valence-electron chi connectivity index (χ3n) is 7.86. The highest BCUT2D eigenvalue weighted by Gasteiger charge is 2.68. The van der Waals surface area contributed by atoms with Gasteiger partial charge in [-0.1, -0.05) is 26.0 Å². The molecule has 1 saturated heterocycles. The molecule has 2 aliphatic carbocycles. The number of hydrogen-bond acceptors (Lipinski definition) is 4. The molecule has 1 heterocycles. The first kappa shape index (κ1) is 20.6. The molecular weight excluding hydrogens is 373 g/mol. The molecule has 3 fully saturated rings. The maximum Gasteiger partial charge on any atom is 0.222 e. The maximum atomic E-state index is 15.1. The van der Waals surface area contributed by atoms with Gasteiger partial charge in [-0.3, -0.25) is 4.79 Å². The second-order valence-electron chi connectivity index (χ2n) is 9.45. The molecule has 0 aromatic heterocycles. The molecule has 160 valence electrons. The fourth-order valence-corrected chi connectivity index (χ4v) is 6.43. The summed E-state index contributed by atoms with van der Waals surface area (Å²) < 4.78 is 31.5. The molecule has 2 saturated carbocycles. The number of amides is 1. The van der Waals surface area contributed by atoms with E-state index in [1.165, 1.54) is 7.11 Å². The van der Waals surface area contributed by atoms with Crippen LogP contribution in [0.3, 0.4) is 0 Å². The first-order valence-corrected chi connectivity index (χ1v) is 10.6. The molecule has 1 aromatic carbocycles. The molecule has 6 heteroatoms. The number of methoxy groups -OCH3 is 2. The Kier molecular flexibility index (Phi) is 5.36. The van der Waals surface area contributed by atoms with E-state index in [4.69, 9.17) is 14.2 Å². The van der Waals surface area contributed by atoms with Crippen molar-refractivity contribution in [1.82, 2.24) is 5.32 Å². The largest absolute Gasteiger partial charge is 0.494 e. The van der Waals surface area contributed by atoms with Crippen molar-refractivity contribution in [3.05, 3.63) is 29.6 Å². The highest BCUT2D eigenvalue weighted by molar-refractivity contribution is 5.76. The summed E-state index contributed by atoms with van der Waals surface area (Å²) in [6, 6.07) is 5.33. The molecule has 1 aromatic rings. The summed E-state index contributed by atoms with van der Waals surface area (Å²) in [6.07, 6.45) is 3.01. The van der Waals surface area contributed by atoms with Gasteiger partial charge in [-0.05, 0) is 48.0 Å². The van der Waals surface area contributed by atoms with Gasteiger partial charge < -0.3 is 19.5 Å². The smallest absolute Gasteiger partial charge is 0.222 e. The summed E-state index contributed by atoms with van der Waals surface area (Å²) >= 11 is 0. The second-order valence-corrected chi connectivity index (χ2v) is 9.45. The number of hydrogen-bond donors (Lipinski definition) is 1. The molecule has 1 amide bonds. The maximum absolute atomic E-state index is 15.1. The van der Waals surface area contributed by atoms with E-state index in [-0.39, 0.29) is 46.4 Å². The van der Waals surface area contributed by atoms with E-state index in [1.54, 1.807) is 13.2 Å². The fourth-order valence-electron chi connectivity index (χ4n) is 6.43. The lowest BCUT2D eigenvalue weighted by Gasteiger charge is -2.53.